The zero-order chi connectivity index (χ0) is 12.7. The van der Waals surface area contributed by atoms with Gasteiger partial charge in [0, 0.05) is 17.0 Å². The minimum absolute atomic E-state index is 0.276. The number of nitrogens with two attached hydrogens (primary N) is 1. The number of aliphatic hydroxyl groups is 1. The van der Waals surface area contributed by atoms with Gasteiger partial charge in [-0.25, -0.2) is 0 Å². The molecule has 5 heteroatoms. The molecule has 1 aromatic rings. The predicted molar refractivity (Wildman–Crippen MR) is 66.9 cm³/mol. The SMILES string of the molecule is [B]C1(O)CCCC(=O)C1(N)c1ccccc1Cl. The van der Waals surface area contributed by atoms with E-state index in [-0.39, 0.29) is 12.2 Å². The Bertz CT molecular complexity index is 464. The molecule has 0 amide bonds. The number of hydrogen-bond donors (Lipinski definition) is 2. The summed E-state index contributed by atoms with van der Waals surface area (Å²) < 4.78 is 0. The van der Waals surface area contributed by atoms with Crippen LogP contribution in [0, 0.1) is 0 Å². The maximum atomic E-state index is 12.1. The lowest BCUT2D eigenvalue weighted by Gasteiger charge is -2.45. The van der Waals surface area contributed by atoms with Crippen LogP contribution in [0.5, 0.6) is 0 Å². The first kappa shape index (κ1) is 12.6. The van der Waals surface area contributed by atoms with E-state index in [1.807, 2.05) is 0 Å². The molecule has 1 aliphatic rings. The Morgan fingerprint density at radius 2 is 2.06 bits per heavy atom. The van der Waals surface area contributed by atoms with Gasteiger partial charge in [-0.2, -0.15) is 0 Å². The number of halogens is 1. The average Bonchev–Trinajstić information content (AvgIpc) is 2.26. The molecule has 0 heterocycles. The van der Waals surface area contributed by atoms with Gasteiger partial charge in [0.05, 0.1) is 5.50 Å². The molecule has 0 aromatic heterocycles. The van der Waals surface area contributed by atoms with E-state index in [1.54, 1.807) is 24.3 Å². The first-order valence-corrected chi connectivity index (χ1v) is 5.86. The van der Waals surface area contributed by atoms with Gasteiger partial charge >= 0.3 is 0 Å². The van der Waals surface area contributed by atoms with Crippen molar-refractivity contribution in [2.45, 2.75) is 30.3 Å². The lowest BCUT2D eigenvalue weighted by atomic mass is 9.56. The van der Waals surface area contributed by atoms with Crippen LogP contribution in [0.4, 0.5) is 0 Å². The fraction of sp³-hybridized carbons (Fsp3) is 0.417. The van der Waals surface area contributed by atoms with Crippen LogP contribution >= 0.6 is 11.6 Å². The lowest BCUT2D eigenvalue weighted by Crippen LogP contribution is -2.65. The Morgan fingerprint density at radius 3 is 2.65 bits per heavy atom. The molecule has 3 nitrogen and oxygen atoms in total. The van der Waals surface area contributed by atoms with Crippen LogP contribution in [0.25, 0.3) is 0 Å². The van der Waals surface area contributed by atoms with Crippen molar-refractivity contribution in [2.24, 2.45) is 5.73 Å². The monoisotopic (exact) mass is 249 g/mol. The van der Waals surface area contributed by atoms with Gasteiger partial charge < -0.3 is 10.8 Å². The van der Waals surface area contributed by atoms with E-state index < -0.39 is 11.0 Å². The number of carbonyl (C=O) groups excluding carboxylic acids is 1. The Hall–Kier alpha value is -0.835. The quantitative estimate of drug-likeness (QED) is 0.733. The molecule has 1 aliphatic carbocycles. The van der Waals surface area contributed by atoms with Gasteiger partial charge in [0.15, 0.2) is 5.78 Å². The molecule has 2 atom stereocenters. The number of rotatable bonds is 1. The largest absolute Gasteiger partial charge is 0.397 e. The second-order valence-corrected chi connectivity index (χ2v) is 4.90. The summed E-state index contributed by atoms with van der Waals surface area (Å²) in [6, 6.07) is 6.71. The normalized spacial score (nSPS) is 33.7. The molecule has 0 bridgehead atoms. The van der Waals surface area contributed by atoms with Crippen LogP contribution in [0.1, 0.15) is 24.8 Å². The molecule has 0 aliphatic heterocycles. The van der Waals surface area contributed by atoms with Crippen molar-refractivity contribution in [1.82, 2.24) is 0 Å². The summed E-state index contributed by atoms with van der Waals surface area (Å²) in [5.41, 5.74) is 3.10. The smallest absolute Gasteiger partial charge is 0.159 e. The molecule has 2 unspecified atom stereocenters. The maximum absolute atomic E-state index is 12.1. The van der Waals surface area contributed by atoms with Gasteiger partial charge in [0.2, 0.25) is 0 Å². The van der Waals surface area contributed by atoms with E-state index in [9.17, 15) is 9.90 Å². The molecule has 2 rings (SSSR count). The minimum atomic E-state index is -1.76. The van der Waals surface area contributed by atoms with Crippen molar-refractivity contribution >= 4 is 25.2 Å². The Balaban J connectivity index is 2.60. The fourth-order valence-electron chi connectivity index (χ4n) is 2.32. The number of carbonyl (C=O) groups is 1. The Kier molecular flexibility index (Phi) is 3.06. The van der Waals surface area contributed by atoms with Gasteiger partial charge in [-0.3, -0.25) is 4.79 Å². The average molecular weight is 250 g/mol. The standard InChI is InChI=1S/C12H13BClNO2/c13-11(17)7-3-6-10(16)12(11,15)8-4-1-2-5-9(8)14/h1-2,4-5,17H,3,6-7,15H2. The molecular formula is C12H13BClNO2. The van der Waals surface area contributed by atoms with Crippen LogP contribution < -0.4 is 5.73 Å². The van der Waals surface area contributed by atoms with Crippen molar-refractivity contribution in [3.05, 3.63) is 34.9 Å². The van der Waals surface area contributed by atoms with Crippen molar-refractivity contribution in [2.75, 3.05) is 0 Å². The van der Waals surface area contributed by atoms with Gasteiger partial charge in [-0.1, -0.05) is 29.8 Å². The van der Waals surface area contributed by atoms with Crippen molar-refractivity contribution in [3.63, 3.8) is 0 Å². The molecule has 2 radical (unpaired) electrons. The molecule has 88 valence electrons. The van der Waals surface area contributed by atoms with Crippen LogP contribution in [-0.2, 0) is 10.3 Å². The molecule has 17 heavy (non-hydrogen) atoms. The van der Waals surface area contributed by atoms with Gasteiger partial charge in [-0.05, 0) is 18.9 Å². The summed E-state index contributed by atoms with van der Waals surface area (Å²) in [6.07, 6.45) is 1.12. The first-order chi connectivity index (χ1) is 7.89. The molecular weight excluding hydrogens is 236 g/mol. The molecule has 1 saturated carbocycles. The number of ketones is 1. The van der Waals surface area contributed by atoms with E-state index in [0.717, 1.165) is 0 Å². The first-order valence-electron chi connectivity index (χ1n) is 5.48. The van der Waals surface area contributed by atoms with Gasteiger partial charge in [0.25, 0.3) is 0 Å². The topological polar surface area (TPSA) is 63.3 Å². The highest BCUT2D eigenvalue weighted by Crippen LogP contribution is 2.41. The third-order valence-electron chi connectivity index (χ3n) is 3.38. The summed E-state index contributed by atoms with van der Waals surface area (Å²) >= 11 is 6.04. The summed E-state index contributed by atoms with van der Waals surface area (Å²) in [7, 11) is 5.80. The third-order valence-corrected chi connectivity index (χ3v) is 3.71. The Labute approximate surface area is 106 Å². The fourth-order valence-corrected chi connectivity index (χ4v) is 2.60. The number of hydrogen-bond acceptors (Lipinski definition) is 3. The zero-order valence-corrected chi connectivity index (χ0v) is 10.1. The second kappa shape index (κ2) is 4.12. The molecule has 0 spiro atoms. The summed E-state index contributed by atoms with van der Waals surface area (Å²) in [6.45, 7) is 0. The summed E-state index contributed by atoms with van der Waals surface area (Å²) in [5.74, 6) is -0.276. The Morgan fingerprint density at radius 1 is 1.41 bits per heavy atom. The molecule has 3 N–H and O–H groups in total. The molecule has 1 aromatic carbocycles. The van der Waals surface area contributed by atoms with Crippen LogP contribution in [0.2, 0.25) is 5.02 Å². The molecule has 0 saturated heterocycles. The lowest BCUT2D eigenvalue weighted by molar-refractivity contribution is -0.135. The highest BCUT2D eigenvalue weighted by Gasteiger charge is 2.52. The highest BCUT2D eigenvalue weighted by atomic mass is 35.5. The van der Waals surface area contributed by atoms with Crippen molar-refractivity contribution < 1.29 is 9.90 Å². The van der Waals surface area contributed by atoms with E-state index in [4.69, 9.17) is 25.2 Å². The van der Waals surface area contributed by atoms with Crippen molar-refractivity contribution in [3.8, 4) is 0 Å². The maximum Gasteiger partial charge on any atom is 0.159 e. The number of Topliss-reactive ketones (excluding diaryl/α,β-unsaturated/α-hetero) is 1. The third kappa shape index (κ3) is 1.80. The van der Waals surface area contributed by atoms with Gasteiger partial charge in [0.1, 0.15) is 13.4 Å². The van der Waals surface area contributed by atoms with E-state index in [2.05, 4.69) is 0 Å². The van der Waals surface area contributed by atoms with Crippen LogP contribution in [-0.4, -0.2) is 24.2 Å². The zero-order valence-electron chi connectivity index (χ0n) is 9.32. The van der Waals surface area contributed by atoms with Crippen molar-refractivity contribution in [1.29, 1.82) is 0 Å². The second-order valence-electron chi connectivity index (χ2n) is 4.49. The highest BCUT2D eigenvalue weighted by molar-refractivity contribution is 6.32. The van der Waals surface area contributed by atoms with E-state index in [1.165, 1.54) is 0 Å². The van der Waals surface area contributed by atoms with Gasteiger partial charge in [-0.15, -0.1) is 0 Å². The van der Waals surface area contributed by atoms with Crippen LogP contribution in [0.15, 0.2) is 24.3 Å². The summed E-state index contributed by atoms with van der Waals surface area (Å²) in [5, 5.41) is 10.6. The van der Waals surface area contributed by atoms with E-state index >= 15 is 0 Å². The number of benzene rings is 1. The predicted octanol–water partition coefficient (Wildman–Crippen LogP) is 1.10. The summed E-state index contributed by atoms with van der Waals surface area (Å²) in [4.78, 5) is 12.1. The van der Waals surface area contributed by atoms with Crippen LogP contribution in [0.3, 0.4) is 0 Å². The van der Waals surface area contributed by atoms with E-state index in [0.29, 0.717) is 23.4 Å². The molecule has 1 fully saturated rings. The minimum Gasteiger partial charge on any atom is -0.397 e.